The Morgan fingerprint density at radius 1 is 1.19 bits per heavy atom. The molecule has 2 heterocycles. The molecule has 4 nitrogen and oxygen atoms in total. The number of nitrogens with zero attached hydrogens (tertiary/aromatic N) is 1. The summed E-state index contributed by atoms with van der Waals surface area (Å²) in [7, 11) is 0. The van der Waals surface area contributed by atoms with E-state index in [0.29, 0.717) is 19.8 Å². The van der Waals surface area contributed by atoms with Crippen LogP contribution in [0.3, 0.4) is 0 Å². The predicted molar refractivity (Wildman–Crippen MR) is 104 cm³/mol. The zero-order valence-corrected chi connectivity index (χ0v) is 15.6. The predicted octanol–water partition coefficient (Wildman–Crippen LogP) is 3.93. The van der Waals surface area contributed by atoms with Gasteiger partial charge in [-0.1, -0.05) is 42.5 Å². The van der Waals surface area contributed by atoms with E-state index in [4.69, 9.17) is 14.2 Å². The number of hydrogen-bond acceptors (Lipinski definition) is 4. The summed E-state index contributed by atoms with van der Waals surface area (Å²) >= 11 is 0. The SMILES string of the molecule is C=CCN1C[C@H](OCc2ccccc2)CC[C@]1(C=C)CCC1OCCO1. The molecule has 0 amide bonds. The maximum atomic E-state index is 6.20. The van der Waals surface area contributed by atoms with Gasteiger partial charge in [-0.05, 0) is 24.8 Å². The van der Waals surface area contributed by atoms with Crippen LogP contribution in [-0.4, -0.2) is 49.1 Å². The highest BCUT2D eigenvalue weighted by Crippen LogP contribution is 2.35. The highest BCUT2D eigenvalue weighted by atomic mass is 16.7. The summed E-state index contributed by atoms with van der Waals surface area (Å²) in [6, 6.07) is 10.4. The van der Waals surface area contributed by atoms with E-state index in [1.807, 2.05) is 12.1 Å². The van der Waals surface area contributed by atoms with Crippen molar-refractivity contribution in [2.45, 2.75) is 50.2 Å². The molecule has 142 valence electrons. The van der Waals surface area contributed by atoms with Crippen molar-refractivity contribution in [3.63, 3.8) is 0 Å². The summed E-state index contributed by atoms with van der Waals surface area (Å²) in [5.74, 6) is 0. The van der Waals surface area contributed by atoms with Crippen molar-refractivity contribution in [2.75, 3.05) is 26.3 Å². The maximum Gasteiger partial charge on any atom is 0.157 e. The fourth-order valence-corrected chi connectivity index (χ4v) is 3.98. The van der Waals surface area contributed by atoms with Crippen LogP contribution in [-0.2, 0) is 20.8 Å². The Morgan fingerprint density at radius 2 is 1.96 bits per heavy atom. The van der Waals surface area contributed by atoms with Crippen LogP contribution >= 0.6 is 0 Å². The lowest BCUT2D eigenvalue weighted by Gasteiger charge is -2.48. The summed E-state index contributed by atoms with van der Waals surface area (Å²) in [6.45, 7) is 11.9. The number of ether oxygens (including phenoxy) is 3. The average molecular weight is 357 g/mol. The molecule has 0 N–H and O–H groups in total. The smallest absolute Gasteiger partial charge is 0.157 e. The Hall–Kier alpha value is -1.46. The van der Waals surface area contributed by atoms with E-state index in [2.05, 4.69) is 48.4 Å². The zero-order chi connectivity index (χ0) is 18.2. The largest absolute Gasteiger partial charge is 0.372 e. The molecular formula is C22H31NO3. The molecule has 1 aromatic carbocycles. The van der Waals surface area contributed by atoms with E-state index < -0.39 is 0 Å². The standard InChI is InChI=1S/C22H31NO3/c1-3-14-23-17-20(26-18-19-8-6-5-7-9-19)10-12-22(23,4-2)13-11-21-24-15-16-25-21/h3-9,20-21H,1-2,10-18H2/t20-,22-/m1/s1. The third-order valence-electron chi connectivity index (χ3n) is 5.51. The van der Waals surface area contributed by atoms with Crippen molar-refractivity contribution in [3.05, 3.63) is 61.2 Å². The van der Waals surface area contributed by atoms with Crippen molar-refractivity contribution in [3.8, 4) is 0 Å². The number of rotatable bonds is 9. The highest BCUT2D eigenvalue weighted by molar-refractivity contribution is 5.14. The van der Waals surface area contributed by atoms with Crippen molar-refractivity contribution >= 4 is 0 Å². The molecule has 3 rings (SSSR count). The highest BCUT2D eigenvalue weighted by Gasteiger charge is 2.39. The molecule has 0 unspecified atom stereocenters. The topological polar surface area (TPSA) is 30.9 Å². The minimum atomic E-state index is -0.0653. The molecule has 2 atom stereocenters. The minimum absolute atomic E-state index is 0.0316. The van der Waals surface area contributed by atoms with Gasteiger partial charge in [-0.3, -0.25) is 4.90 Å². The molecule has 2 saturated heterocycles. The van der Waals surface area contributed by atoms with Gasteiger partial charge in [0.2, 0.25) is 0 Å². The van der Waals surface area contributed by atoms with E-state index >= 15 is 0 Å². The number of likely N-dealkylation sites (tertiary alicyclic amines) is 1. The Morgan fingerprint density at radius 3 is 2.65 bits per heavy atom. The van der Waals surface area contributed by atoms with Crippen LogP contribution in [0.4, 0.5) is 0 Å². The van der Waals surface area contributed by atoms with Gasteiger partial charge >= 0.3 is 0 Å². The van der Waals surface area contributed by atoms with Crippen LogP contribution in [0.15, 0.2) is 55.6 Å². The normalized spacial score (nSPS) is 27.5. The molecule has 2 aliphatic heterocycles. The molecule has 4 heteroatoms. The second-order valence-electron chi connectivity index (χ2n) is 7.17. The van der Waals surface area contributed by atoms with Crippen molar-refractivity contribution < 1.29 is 14.2 Å². The zero-order valence-electron chi connectivity index (χ0n) is 15.6. The Labute approximate surface area is 157 Å². The van der Waals surface area contributed by atoms with Crippen molar-refractivity contribution in [1.82, 2.24) is 4.90 Å². The first kappa shape index (κ1) is 19.3. The number of benzene rings is 1. The molecule has 0 aliphatic carbocycles. The second kappa shape index (κ2) is 9.47. The van der Waals surface area contributed by atoms with Crippen molar-refractivity contribution in [1.29, 1.82) is 0 Å². The number of hydrogen-bond donors (Lipinski definition) is 0. The fraction of sp³-hybridized carbons (Fsp3) is 0.545. The third-order valence-corrected chi connectivity index (χ3v) is 5.51. The first-order valence-corrected chi connectivity index (χ1v) is 9.64. The quantitative estimate of drug-likeness (QED) is 0.627. The van der Waals surface area contributed by atoms with Crippen LogP contribution in [0.5, 0.6) is 0 Å². The Bertz CT molecular complexity index is 570. The molecule has 0 bridgehead atoms. The van der Waals surface area contributed by atoms with E-state index in [1.54, 1.807) is 0 Å². The van der Waals surface area contributed by atoms with Crippen LogP contribution in [0.25, 0.3) is 0 Å². The van der Waals surface area contributed by atoms with E-state index in [9.17, 15) is 0 Å². The molecular weight excluding hydrogens is 326 g/mol. The van der Waals surface area contributed by atoms with Gasteiger partial charge in [0.1, 0.15) is 0 Å². The Kier molecular flexibility index (Phi) is 7.03. The summed E-state index contributed by atoms with van der Waals surface area (Å²) in [5, 5.41) is 0. The maximum absolute atomic E-state index is 6.20. The third kappa shape index (κ3) is 4.83. The van der Waals surface area contributed by atoms with Gasteiger partial charge in [0.25, 0.3) is 0 Å². The molecule has 2 aliphatic rings. The fourth-order valence-electron chi connectivity index (χ4n) is 3.98. The summed E-state index contributed by atoms with van der Waals surface area (Å²) in [5.41, 5.74) is 1.19. The second-order valence-corrected chi connectivity index (χ2v) is 7.17. The van der Waals surface area contributed by atoms with Gasteiger partial charge in [-0.15, -0.1) is 13.2 Å². The molecule has 26 heavy (non-hydrogen) atoms. The summed E-state index contributed by atoms with van der Waals surface area (Å²) < 4.78 is 17.4. The van der Waals surface area contributed by atoms with Gasteiger partial charge in [0.05, 0.1) is 25.9 Å². The van der Waals surface area contributed by atoms with Gasteiger partial charge in [-0.25, -0.2) is 0 Å². The minimum Gasteiger partial charge on any atom is -0.372 e. The lowest BCUT2D eigenvalue weighted by Crippen LogP contribution is -2.55. The lowest BCUT2D eigenvalue weighted by atomic mass is 9.81. The van der Waals surface area contributed by atoms with Crippen LogP contribution in [0.1, 0.15) is 31.2 Å². The van der Waals surface area contributed by atoms with E-state index in [0.717, 1.165) is 38.8 Å². The average Bonchev–Trinajstić information content (AvgIpc) is 3.21. The monoisotopic (exact) mass is 357 g/mol. The molecule has 0 radical (unpaired) electrons. The molecule has 1 aromatic rings. The first-order valence-electron chi connectivity index (χ1n) is 9.64. The Balaban J connectivity index is 1.58. The molecule has 0 saturated carbocycles. The van der Waals surface area contributed by atoms with E-state index in [1.165, 1.54) is 5.56 Å². The lowest BCUT2D eigenvalue weighted by molar-refractivity contribution is -0.0725. The molecule has 0 spiro atoms. The first-order chi connectivity index (χ1) is 12.8. The van der Waals surface area contributed by atoms with Crippen molar-refractivity contribution in [2.24, 2.45) is 0 Å². The van der Waals surface area contributed by atoms with Gasteiger partial charge in [0, 0.05) is 25.0 Å². The summed E-state index contributed by atoms with van der Waals surface area (Å²) in [6.07, 6.45) is 8.22. The van der Waals surface area contributed by atoms with E-state index in [-0.39, 0.29) is 17.9 Å². The number of piperidine rings is 1. The van der Waals surface area contributed by atoms with Crippen LogP contribution in [0, 0.1) is 0 Å². The molecule has 0 aromatic heterocycles. The van der Waals surface area contributed by atoms with Crippen LogP contribution < -0.4 is 0 Å². The van der Waals surface area contributed by atoms with Gasteiger partial charge < -0.3 is 14.2 Å². The van der Waals surface area contributed by atoms with Crippen LogP contribution in [0.2, 0.25) is 0 Å². The van der Waals surface area contributed by atoms with Gasteiger partial charge in [-0.2, -0.15) is 0 Å². The summed E-state index contributed by atoms with van der Waals surface area (Å²) in [4.78, 5) is 2.46. The molecule has 2 fully saturated rings. The van der Waals surface area contributed by atoms with Gasteiger partial charge in [0.15, 0.2) is 6.29 Å².